The third-order valence-electron chi connectivity index (χ3n) is 5.42. The first-order chi connectivity index (χ1) is 13.1. The van der Waals surface area contributed by atoms with E-state index < -0.39 is 0 Å². The van der Waals surface area contributed by atoms with Crippen molar-refractivity contribution in [3.05, 3.63) is 36.0 Å². The molecule has 0 spiro atoms. The fraction of sp³-hybridized carbons (Fsp3) is 0.450. The van der Waals surface area contributed by atoms with Crippen molar-refractivity contribution in [2.45, 2.75) is 25.7 Å². The monoisotopic (exact) mass is 368 g/mol. The van der Waals surface area contributed by atoms with Crippen LogP contribution in [0.2, 0.25) is 0 Å². The minimum Gasteiger partial charge on any atom is -0.497 e. The van der Waals surface area contributed by atoms with E-state index in [0.29, 0.717) is 17.9 Å². The second-order valence-electron chi connectivity index (χ2n) is 7.32. The van der Waals surface area contributed by atoms with Crippen LogP contribution in [-0.4, -0.2) is 46.6 Å². The molecular weight excluding hydrogens is 344 g/mol. The number of hydrogen-bond donors (Lipinski definition) is 1. The number of nitrogens with two attached hydrogens (primary N) is 1. The first-order valence-electron chi connectivity index (χ1n) is 9.39. The molecule has 1 saturated heterocycles. The van der Waals surface area contributed by atoms with Crippen LogP contribution in [0.5, 0.6) is 5.75 Å². The SMILES string of the molecule is COc1ccc(-n2ncc(C(=O)[C@@H]3CCCN(C(=O)C4CC4)C3)c2N)cc1. The van der Waals surface area contributed by atoms with Gasteiger partial charge in [0, 0.05) is 24.9 Å². The number of methoxy groups -OCH3 is 1. The molecule has 0 unspecified atom stereocenters. The van der Waals surface area contributed by atoms with E-state index in [2.05, 4.69) is 5.10 Å². The van der Waals surface area contributed by atoms with E-state index in [4.69, 9.17) is 10.5 Å². The second-order valence-corrected chi connectivity index (χ2v) is 7.32. The minimum atomic E-state index is -0.211. The molecule has 1 aromatic heterocycles. The predicted molar refractivity (Wildman–Crippen MR) is 101 cm³/mol. The average Bonchev–Trinajstić information content (AvgIpc) is 3.49. The maximum Gasteiger partial charge on any atom is 0.225 e. The summed E-state index contributed by atoms with van der Waals surface area (Å²) < 4.78 is 6.72. The van der Waals surface area contributed by atoms with Gasteiger partial charge in [0.15, 0.2) is 5.78 Å². The van der Waals surface area contributed by atoms with Gasteiger partial charge in [-0.2, -0.15) is 5.10 Å². The summed E-state index contributed by atoms with van der Waals surface area (Å²) in [4.78, 5) is 27.2. The molecule has 2 aromatic rings. The van der Waals surface area contributed by atoms with E-state index in [1.165, 1.54) is 6.20 Å². The van der Waals surface area contributed by atoms with Gasteiger partial charge in [-0.25, -0.2) is 4.68 Å². The average molecular weight is 368 g/mol. The number of benzene rings is 1. The van der Waals surface area contributed by atoms with Crippen LogP contribution in [0.1, 0.15) is 36.0 Å². The molecule has 2 fully saturated rings. The van der Waals surface area contributed by atoms with Crippen molar-refractivity contribution in [2.24, 2.45) is 11.8 Å². The van der Waals surface area contributed by atoms with Crippen LogP contribution >= 0.6 is 0 Å². The topological polar surface area (TPSA) is 90.5 Å². The Morgan fingerprint density at radius 3 is 2.56 bits per heavy atom. The molecule has 142 valence electrons. The Balaban J connectivity index is 1.51. The summed E-state index contributed by atoms with van der Waals surface area (Å²) in [5, 5.41) is 4.30. The van der Waals surface area contributed by atoms with Crippen molar-refractivity contribution in [1.29, 1.82) is 0 Å². The number of hydrogen-bond acceptors (Lipinski definition) is 5. The van der Waals surface area contributed by atoms with Gasteiger partial charge in [0.25, 0.3) is 0 Å². The normalized spacial score (nSPS) is 19.7. The summed E-state index contributed by atoms with van der Waals surface area (Å²) >= 11 is 0. The van der Waals surface area contributed by atoms with Gasteiger partial charge in [-0.1, -0.05) is 0 Å². The number of Topliss-reactive ketones (excluding diaryl/α,β-unsaturated/α-hetero) is 1. The van der Waals surface area contributed by atoms with Crippen molar-refractivity contribution in [3.63, 3.8) is 0 Å². The molecule has 1 saturated carbocycles. The Morgan fingerprint density at radius 2 is 1.89 bits per heavy atom. The number of carbonyl (C=O) groups is 2. The smallest absolute Gasteiger partial charge is 0.225 e. The Hall–Kier alpha value is -2.83. The van der Waals surface area contributed by atoms with Gasteiger partial charge in [-0.05, 0) is 49.9 Å². The lowest BCUT2D eigenvalue weighted by atomic mass is 9.90. The summed E-state index contributed by atoms with van der Waals surface area (Å²) in [5.41, 5.74) is 7.43. The van der Waals surface area contributed by atoms with E-state index in [1.807, 2.05) is 29.2 Å². The molecule has 0 radical (unpaired) electrons. The van der Waals surface area contributed by atoms with Crippen LogP contribution in [0, 0.1) is 11.8 Å². The molecule has 7 nitrogen and oxygen atoms in total. The van der Waals surface area contributed by atoms with Crippen LogP contribution < -0.4 is 10.5 Å². The molecule has 2 aliphatic rings. The zero-order valence-corrected chi connectivity index (χ0v) is 15.4. The molecule has 27 heavy (non-hydrogen) atoms. The number of nitrogen functional groups attached to an aromatic ring is 1. The number of likely N-dealkylation sites (tertiary alicyclic amines) is 1. The van der Waals surface area contributed by atoms with Crippen molar-refractivity contribution in [1.82, 2.24) is 14.7 Å². The summed E-state index contributed by atoms with van der Waals surface area (Å²) in [6.45, 7) is 1.24. The highest BCUT2D eigenvalue weighted by molar-refractivity contribution is 6.02. The first-order valence-corrected chi connectivity index (χ1v) is 9.39. The summed E-state index contributed by atoms with van der Waals surface area (Å²) in [6, 6.07) is 7.32. The summed E-state index contributed by atoms with van der Waals surface area (Å²) in [5.74, 6) is 1.22. The van der Waals surface area contributed by atoms with Gasteiger partial charge in [0.05, 0.1) is 24.6 Å². The van der Waals surface area contributed by atoms with E-state index in [1.54, 1.807) is 11.8 Å². The number of ketones is 1. The second kappa shape index (κ2) is 7.06. The highest BCUT2D eigenvalue weighted by atomic mass is 16.5. The van der Waals surface area contributed by atoms with Crippen LogP contribution in [0.4, 0.5) is 5.82 Å². The lowest BCUT2D eigenvalue weighted by Gasteiger charge is -2.32. The maximum atomic E-state index is 13.0. The highest BCUT2D eigenvalue weighted by Crippen LogP contribution is 2.33. The first kappa shape index (κ1) is 17.6. The Labute approximate surface area is 158 Å². The predicted octanol–water partition coefficient (Wildman–Crippen LogP) is 2.29. The molecule has 4 rings (SSSR count). The van der Waals surface area contributed by atoms with Crippen LogP contribution in [0.15, 0.2) is 30.5 Å². The van der Waals surface area contributed by atoms with Crippen molar-refractivity contribution >= 4 is 17.5 Å². The Kier molecular flexibility index (Phi) is 4.59. The van der Waals surface area contributed by atoms with Crippen LogP contribution in [0.25, 0.3) is 5.69 Å². The number of piperidine rings is 1. The molecule has 1 aliphatic carbocycles. The van der Waals surface area contributed by atoms with Gasteiger partial charge in [0.2, 0.25) is 5.91 Å². The van der Waals surface area contributed by atoms with Crippen molar-refractivity contribution < 1.29 is 14.3 Å². The van der Waals surface area contributed by atoms with Crippen molar-refractivity contribution in [2.75, 3.05) is 25.9 Å². The summed E-state index contributed by atoms with van der Waals surface area (Å²) in [7, 11) is 1.61. The van der Waals surface area contributed by atoms with Gasteiger partial charge in [-0.3, -0.25) is 9.59 Å². The van der Waals surface area contributed by atoms with Gasteiger partial charge >= 0.3 is 0 Å². The standard InChI is InChI=1S/C20H24N4O3/c1-27-16-8-6-15(7-9-16)24-19(21)17(11-22-24)18(25)14-3-2-10-23(12-14)20(26)13-4-5-13/h6-9,11,13-14H,2-5,10,12,21H2,1H3/t14-/m1/s1. The van der Waals surface area contributed by atoms with E-state index >= 15 is 0 Å². The maximum absolute atomic E-state index is 13.0. The molecule has 2 N–H and O–H groups in total. The molecule has 7 heteroatoms. The van der Waals surface area contributed by atoms with Gasteiger partial charge < -0.3 is 15.4 Å². The largest absolute Gasteiger partial charge is 0.497 e. The van der Waals surface area contributed by atoms with Gasteiger partial charge in [0.1, 0.15) is 11.6 Å². The van der Waals surface area contributed by atoms with E-state index in [0.717, 1.165) is 43.7 Å². The van der Waals surface area contributed by atoms with Crippen LogP contribution in [0.3, 0.4) is 0 Å². The third kappa shape index (κ3) is 3.41. The minimum absolute atomic E-state index is 0.0273. The number of anilines is 1. The molecule has 2 heterocycles. The number of ether oxygens (including phenoxy) is 1. The fourth-order valence-electron chi connectivity index (χ4n) is 3.68. The Morgan fingerprint density at radius 1 is 1.15 bits per heavy atom. The number of carbonyl (C=O) groups excluding carboxylic acids is 2. The molecule has 0 bridgehead atoms. The van der Waals surface area contributed by atoms with Crippen LogP contribution in [-0.2, 0) is 4.79 Å². The zero-order valence-electron chi connectivity index (χ0n) is 15.4. The number of rotatable bonds is 5. The summed E-state index contributed by atoms with van der Waals surface area (Å²) in [6.07, 6.45) is 5.12. The molecular formula is C20H24N4O3. The quantitative estimate of drug-likeness (QED) is 0.818. The lowest BCUT2D eigenvalue weighted by molar-refractivity contribution is -0.133. The molecule has 1 aliphatic heterocycles. The number of amides is 1. The molecule has 1 aromatic carbocycles. The Bertz CT molecular complexity index is 855. The molecule has 1 atom stereocenters. The van der Waals surface area contributed by atoms with E-state index in [-0.39, 0.29) is 23.5 Å². The van der Waals surface area contributed by atoms with Crippen molar-refractivity contribution in [3.8, 4) is 11.4 Å². The zero-order chi connectivity index (χ0) is 19.0. The third-order valence-corrected chi connectivity index (χ3v) is 5.42. The number of nitrogens with zero attached hydrogens (tertiary/aromatic N) is 3. The fourth-order valence-corrected chi connectivity index (χ4v) is 3.68. The highest BCUT2D eigenvalue weighted by Gasteiger charge is 2.37. The van der Waals surface area contributed by atoms with Gasteiger partial charge in [-0.15, -0.1) is 0 Å². The molecule has 1 amide bonds. The lowest BCUT2D eigenvalue weighted by Crippen LogP contribution is -2.43. The number of aromatic nitrogens is 2. The van der Waals surface area contributed by atoms with E-state index in [9.17, 15) is 9.59 Å².